The van der Waals surface area contributed by atoms with Crippen LogP contribution in [0.15, 0.2) is 40.7 Å². The number of amides is 1. The molecule has 2 aromatic rings. The monoisotopic (exact) mass is 339 g/mol. The molecule has 1 amide bonds. The lowest BCUT2D eigenvalue weighted by Gasteiger charge is -2.38. The smallest absolute Gasteiger partial charge is 0.273 e. The Bertz CT molecular complexity index is 766. The van der Waals surface area contributed by atoms with E-state index in [9.17, 15) is 13.2 Å². The number of carbonyl (C=O) groups excluding carboxylic acids is 1. The number of likely N-dealkylation sites (tertiary alicyclic amines) is 1. The van der Waals surface area contributed by atoms with Gasteiger partial charge in [-0.2, -0.15) is 0 Å². The quantitative estimate of drug-likeness (QED) is 0.883. The van der Waals surface area contributed by atoms with Crippen LogP contribution in [0.3, 0.4) is 0 Å². The maximum absolute atomic E-state index is 12.2. The van der Waals surface area contributed by atoms with Crippen molar-refractivity contribution in [3.05, 3.63) is 41.4 Å². The summed E-state index contributed by atoms with van der Waals surface area (Å²) in [5.41, 5.74) is 0.417. The van der Waals surface area contributed by atoms with Crippen molar-refractivity contribution in [3.63, 3.8) is 0 Å². The third-order valence-electron chi connectivity index (χ3n) is 3.24. The van der Waals surface area contributed by atoms with Crippen molar-refractivity contribution in [2.45, 2.75) is 11.0 Å². The molecule has 0 saturated carbocycles. The average molecular weight is 339 g/mol. The van der Waals surface area contributed by atoms with E-state index in [2.05, 4.69) is 4.98 Å². The third kappa shape index (κ3) is 3.11. The zero-order valence-electron chi connectivity index (χ0n) is 11.4. The summed E-state index contributed by atoms with van der Waals surface area (Å²) in [4.78, 5) is 17.8. The number of nitrogens with zero attached hydrogens (tertiary/aromatic N) is 2. The molecule has 1 aliphatic heterocycles. The van der Waals surface area contributed by atoms with Gasteiger partial charge in [-0.15, -0.1) is 0 Å². The lowest BCUT2D eigenvalue weighted by molar-refractivity contribution is 0.0177. The van der Waals surface area contributed by atoms with Gasteiger partial charge in [0.15, 0.2) is 0 Å². The van der Waals surface area contributed by atoms with Crippen LogP contribution in [0.2, 0.25) is 0 Å². The molecule has 1 fully saturated rings. The SMILES string of the molecule is NS(=O)(=O)c1ccc(C(=O)N2CC(Oc3nccs3)C2)cc1. The second-order valence-electron chi connectivity index (χ2n) is 4.82. The molecule has 1 aliphatic rings. The number of thiazole rings is 1. The maximum Gasteiger partial charge on any atom is 0.273 e. The standard InChI is InChI=1S/C13H13N3O4S2/c14-22(18,19)11-3-1-9(2-4-11)12(17)16-7-10(8-16)20-13-15-5-6-21-13/h1-6,10H,7-8H2,(H2,14,18,19). The molecule has 1 aromatic carbocycles. The minimum atomic E-state index is -3.75. The maximum atomic E-state index is 12.2. The molecule has 7 nitrogen and oxygen atoms in total. The van der Waals surface area contributed by atoms with Crippen molar-refractivity contribution in [3.8, 4) is 5.19 Å². The number of hydrogen-bond acceptors (Lipinski definition) is 6. The van der Waals surface area contributed by atoms with E-state index in [1.54, 1.807) is 11.1 Å². The van der Waals surface area contributed by atoms with E-state index in [0.29, 0.717) is 23.8 Å². The van der Waals surface area contributed by atoms with Gasteiger partial charge < -0.3 is 9.64 Å². The number of ether oxygens (including phenoxy) is 1. The van der Waals surface area contributed by atoms with Crippen LogP contribution in [0.4, 0.5) is 0 Å². The van der Waals surface area contributed by atoms with Crippen LogP contribution in [-0.2, 0) is 10.0 Å². The number of hydrogen-bond donors (Lipinski definition) is 1. The summed E-state index contributed by atoms with van der Waals surface area (Å²) in [5, 5.41) is 7.43. The van der Waals surface area contributed by atoms with Crippen molar-refractivity contribution < 1.29 is 17.9 Å². The fourth-order valence-electron chi connectivity index (χ4n) is 2.06. The Hall–Kier alpha value is -1.97. The molecule has 0 unspecified atom stereocenters. The molecule has 1 saturated heterocycles. The summed E-state index contributed by atoms with van der Waals surface area (Å²) >= 11 is 1.40. The summed E-state index contributed by atoms with van der Waals surface area (Å²) in [6.07, 6.45) is 1.60. The van der Waals surface area contributed by atoms with Gasteiger partial charge in [0, 0.05) is 17.1 Å². The molecular formula is C13H13N3O4S2. The van der Waals surface area contributed by atoms with Crippen molar-refractivity contribution >= 4 is 27.3 Å². The van der Waals surface area contributed by atoms with E-state index in [1.165, 1.54) is 35.6 Å². The van der Waals surface area contributed by atoms with Crippen molar-refractivity contribution in [1.82, 2.24) is 9.88 Å². The molecule has 22 heavy (non-hydrogen) atoms. The Morgan fingerprint density at radius 1 is 1.32 bits per heavy atom. The van der Waals surface area contributed by atoms with Crippen molar-refractivity contribution in [1.29, 1.82) is 0 Å². The van der Waals surface area contributed by atoms with Crippen molar-refractivity contribution in [2.24, 2.45) is 5.14 Å². The first-order valence-corrected chi connectivity index (χ1v) is 8.84. The van der Waals surface area contributed by atoms with Gasteiger partial charge in [-0.3, -0.25) is 4.79 Å². The first-order chi connectivity index (χ1) is 10.4. The minimum Gasteiger partial charge on any atom is -0.463 e. The highest BCUT2D eigenvalue weighted by atomic mass is 32.2. The predicted octanol–water partition coefficient (Wildman–Crippen LogP) is 0.694. The molecule has 0 spiro atoms. The van der Waals surface area contributed by atoms with E-state index >= 15 is 0 Å². The molecule has 0 radical (unpaired) electrons. The van der Waals surface area contributed by atoms with Gasteiger partial charge in [0.1, 0.15) is 6.10 Å². The van der Waals surface area contributed by atoms with E-state index in [-0.39, 0.29) is 16.9 Å². The van der Waals surface area contributed by atoms with Crippen LogP contribution in [0, 0.1) is 0 Å². The van der Waals surface area contributed by atoms with Gasteiger partial charge in [-0.25, -0.2) is 18.5 Å². The summed E-state index contributed by atoms with van der Waals surface area (Å²) in [7, 11) is -3.75. The van der Waals surface area contributed by atoms with Crippen LogP contribution >= 0.6 is 11.3 Å². The number of aromatic nitrogens is 1. The van der Waals surface area contributed by atoms with Crippen molar-refractivity contribution in [2.75, 3.05) is 13.1 Å². The zero-order chi connectivity index (χ0) is 15.7. The predicted molar refractivity (Wildman–Crippen MR) is 80.2 cm³/mol. The van der Waals surface area contributed by atoms with Crippen LogP contribution in [-0.4, -0.2) is 43.4 Å². The molecule has 0 atom stereocenters. The summed E-state index contributed by atoms with van der Waals surface area (Å²) in [5.74, 6) is -0.167. The van der Waals surface area contributed by atoms with Gasteiger partial charge in [0.25, 0.3) is 11.1 Å². The van der Waals surface area contributed by atoms with E-state index in [1.807, 2.05) is 5.38 Å². The molecule has 9 heteroatoms. The lowest BCUT2D eigenvalue weighted by Crippen LogP contribution is -2.56. The van der Waals surface area contributed by atoms with Gasteiger partial charge in [0.2, 0.25) is 10.0 Å². The molecule has 2 N–H and O–H groups in total. The van der Waals surface area contributed by atoms with Crippen LogP contribution < -0.4 is 9.88 Å². The first-order valence-electron chi connectivity index (χ1n) is 6.42. The average Bonchev–Trinajstić information content (AvgIpc) is 2.94. The minimum absolute atomic E-state index is 0.0161. The Balaban J connectivity index is 1.59. The Morgan fingerprint density at radius 3 is 2.55 bits per heavy atom. The Labute approximate surface area is 131 Å². The normalized spacial score (nSPS) is 15.4. The summed E-state index contributed by atoms with van der Waals surface area (Å²) in [6, 6.07) is 5.56. The highest BCUT2D eigenvalue weighted by molar-refractivity contribution is 7.89. The molecule has 0 aliphatic carbocycles. The topological polar surface area (TPSA) is 103 Å². The van der Waals surface area contributed by atoms with E-state index in [0.717, 1.165) is 0 Å². The molecule has 2 heterocycles. The molecule has 0 bridgehead atoms. The molecular weight excluding hydrogens is 326 g/mol. The third-order valence-corrected chi connectivity index (χ3v) is 4.83. The number of sulfonamides is 1. The lowest BCUT2D eigenvalue weighted by atomic mass is 10.1. The molecule has 3 rings (SSSR count). The van der Waals surface area contributed by atoms with Gasteiger partial charge in [-0.05, 0) is 24.3 Å². The van der Waals surface area contributed by atoms with Crippen LogP contribution in [0.5, 0.6) is 5.19 Å². The van der Waals surface area contributed by atoms with E-state index in [4.69, 9.17) is 9.88 Å². The Morgan fingerprint density at radius 2 is 2.00 bits per heavy atom. The number of primary sulfonamides is 1. The summed E-state index contributed by atoms with van der Waals surface area (Å²) in [6.45, 7) is 0.963. The van der Waals surface area contributed by atoms with E-state index < -0.39 is 10.0 Å². The number of nitrogens with two attached hydrogens (primary N) is 1. The molecule has 116 valence electrons. The largest absolute Gasteiger partial charge is 0.463 e. The van der Waals surface area contributed by atoms with Crippen LogP contribution in [0.1, 0.15) is 10.4 Å². The number of carbonyl (C=O) groups is 1. The fourth-order valence-corrected chi connectivity index (χ4v) is 3.13. The zero-order valence-corrected chi connectivity index (χ0v) is 13.0. The first kappa shape index (κ1) is 14.9. The van der Waals surface area contributed by atoms with Gasteiger partial charge >= 0.3 is 0 Å². The second-order valence-corrected chi connectivity index (χ2v) is 7.24. The number of benzene rings is 1. The fraction of sp³-hybridized carbons (Fsp3) is 0.231. The van der Waals surface area contributed by atoms with Crippen LogP contribution in [0.25, 0.3) is 0 Å². The molecule has 1 aromatic heterocycles. The van der Waals surface area contributed by atoms with Gasteiger partial charge in [-0.1, -0.05) is 11.3 Å². The number of rotatable bonds is 4. The second kappa shape index (κ2) is 5.67. The highest BCUT2D eigenvalue weighted by Gasteiger charge is 2.33. The summed E-state index contributed by atoms with van der Waals surface area (Å²) < 4.78 is 27.9. The van der Waals surface area contributed by atoms with Gasteiger partial charge in [0.05, 0.1) is 18.0 Å². The Kier molecular flexibility index (Phi) is 3.85. The highest BCUT2D eigenvalue weighted by Crippen LogP contribution is 2.21.